The van der Waals surface area contributed by atoms with Gasteiger partial charge >= 0.3 is 0 Å². The molecule has 4 rings (SSSR count). The van der Waals surface area contributed by atoms with Crippen LogP contribution < -0.4 is 5.32 Å². The third-order valence-corrected chi connectivity index (χ3v) is 10.2. The largest absolute Gasteiger partial charge is 0.395 e. The van der Waals surface area contributed by atoms with E-state index in [1.54, 1.807) is 24.3 Å². The van der Waals surface area contributed by atoms with Crippen molar-refractivity contribution in [3.05, 3.63) is 58.1 Å². The van der Waals surface area contributed by atoms with Crippen LogP contribution in [-0.2, 0) is 22.9 Å². The number of hydrogen-bond acceptors (Lipinski definition) is 5. The van der Waals surface area contributed by atoms with E-state index >= 15 is 0 Å². The Kier molecular flexibility index (Phi) is 6.28. The van der Waals surface area contributed by atoms with Crippen molar-refractivity contribution in [2.45, 2.75) is 49.3 Å². The van der Waals surface area contributed by atoms with Crippen LogP contribution in [0, 0.1) is 5.82 Å². The number of carbonyl (C=O) groups is 2. The summed E-state index contributed by atoms with van der Waals surface area (Å²) in [6.07, 6.45) is 0.759. The number of sulfone groups is 1. The average Bonchev–Trinajstić information content (AvgIpc) is 3.51. The number of hydrogen-bond donors (Lipinski definition) is 2. The van der Waals surface area contributed by atoms with Crippen molar-refractivity contribution in [3.8, 4) is 0 Å². The lowest BCUT2D eigenvalue weighted by Crippen LogP contribution is -2.52. The number of fused-ring (bicyclic) bond motifs is 1. The molecule has 2 heterocycles. The fourth-order valence-electron chi connectivity index (χ4n) is 4.32. The maximum atomic E-state index is 14.8. The van der Waals surface area contributed by atoms with Crippen molar-refractivity contribution in [1.29, 1.82) is 0 Å². The first kappa shape index (κ1) is 24.7. The zero-order valence-corrected chi connectivity index (χ0v) is 20.5. The molecule has 1 aliphatic heterocycles. The minimum Gasteiger partial charge on any atom is -0.395 e. The molecule has 2 aliphatic rings. The van der Waals surface area contributed by atoms with Gasteiger partial charge in [0.15, 0.2) is 15.7 Å². The van der Waals surface area contributed by atoms with Crippen LogP contribution in [0.5, 0.6) is 0 Å². The summed E-state index contributed by atoms with van der Waals surface area (Å²) in [5, 5.41) is 12.9. The summed E-state index contributed by atoms with van der Waals surface area (Å²) in [5.41, 5.74) is 0.592. The molecule has 0 unspecified atom stereocenters. The van der Waals surface area contributed by atoms with Crippen molar-refractivity contribution in [2.75, 3.05) is 19.7 Å². The predicted molar refractivity (Wildman–Crippen MR) is 125 cm³/mol. The number of rotatable bonds is 8. The lowest BCUT2D eigenvalue weighted by atomic mass is 10.2. The Hall–Kier alpha value is -2.43. The standard InChI is InChI=1S/C23H27ClFN3O5S/c1-22(2,14-29)34(32,33)23(7-8-23)13-27-9-10-28-18(11-17(25)19(28)21(27)31)20(30)26-12-15-3-5-16(24)6-4-15/h3-6,11,29H,7-10,12-14H2,1-2H3,(H,26,30). The molecule has 1 aromatic heterocycles. The first-order chi connectivity index (χ1) is 15.9. The van der Waals surface area contributed by atoms with Gasteiger partial charge in [-0.15, -0.1) is 0 Å². The number of benzene rings is 1. The quantitative estimate of drug-likeness (QED) is 0.565. The monoisotopic (exact) mass is 511 g/mol. The Morgan fingerprint density at radius 3 is 2.47 bits per heavy atom. The molecule has 2 N–H and O–H groups in total. The summed E-state index contributed by atoms with van der Waals surface area (Å²) in [5.74, 6) is -1.99. The van der Waals surface area contributed by atoms with Crippen LogP contribution in [0.1, 0.15) is 53.2 Å². The fraction of sp³-hybridized carbons (Fsp3) is 0.478. The minimum absolute atomic E-state index is 0.0321. The van der Waals surface area contributed by atoms with Gasteiger partial charge in [-0.3, -0.25) is 9.59 Å². The van der Waals surface area contributed by atoms with Crippen molar-refractivity contribution >= 4 is 33.3 Å². The number of carbonyl (C=O) groups excluding carboxylic acids is 2. The van der Waals surface area contributed by atoms with Crippen LogP contribution >= 0.6 is 11.6 Å². The normalized spacial score (nSPS) is 17.4. The van der Waals surface area contributed by atoms with E-state index in [-0.39, 0.29) is 37.6 Å². The molecule has 8 nitrogen and oxygen atoms in total. The molecule has 0 spiro atoms. The smallest absolute Gasteiger partial charge is 0.273 e. The van der Waals surface area contributed by atoms with Crippen molar-refractivity contribution in [1.82, 2.24) is 14.8 Å². The highest BCUT2D eigenvalue weighted by Crippen LogP contribution is 2.49. The van der Waals surface area contributed by atoms with Gasteiger partial charge in [-0.25, -0.2) is 12.8 Å². The number of halogens is 2. The van der Waals surface area contributed by atoms with Crippen molar-refractivity contribution < 1.29 is 27.5 Å². The molecular formula is C23H27ClFN3O5S. The lowest BCUT2D eigenvalue weighted by Gasteiger charge is -2.35. The molecule has 1 fully saturated rings. The molecule has 11 heteroatoms. The molecule has 1 aliphatic carbocycles. The third-order valence-electron chi connectivity index (χ3n) is 6.70. The molecule has 2 aromatic rings. The van der Waals surface area contributed by atoms with Gasteiger partial charge in [0.25, 0.3) is 11.8 Å². The van der Waals surface area contributed by atoms with E-state index in [1.807, 2.05) is 0 Å². The Morgan fingerprint density at radius 1 is 1.24 bits per heavy atom. The summed E-state index contributed by atoms with van der Waals surface area (Å²) >= 11 is 5.86. The number of aliphatic hydroxyl groups is 1. The summed E-state index contributed by atoms with van der Waals surface area (Å²) < 4.78 is 39.9. The second kappa shape index (κ2) is 8.66. The molecule has 0 radical (unpaired) electrons. The van der Waals surface area contributed by atoms with Crippen LogP contribution in [0.2, 0.25) is 5.02 Å². The van der Waals surface area contributed by atoms with Gasteiger partial charge < -0.3 is 19.9 Å². The van der Waals surface area contributed by atoms with Gasteiger partial charge in [-0.1, -0.05) is 23.7 Å². The third kappa shape index (κ3) is 4.12. The predicted octanol–water partition coefficient (Wildman–Crippen LogP) is 2.38. The second-order valence-corrected chi connectivity index (χ2v) is 12.9. The molecule has 0 saturated heterocycles. The number of nitrogens with zero attached hydrogens (tertiary/aromatic N) is 2. The van der Waals surface area contributed by atoms with Crippen LogP contribution in [0.25, 0.3) is 0 Å². The summed E-state index contributed by atoms with van der Waals surface area (Å²) in [6.45, 7) is 2.83. The Bertz CT molecular complexity index is 1240. The Balaban J connectivity index is 1.51. The van der Waals surface area contributed by atoms with Crippen LogP contribution in [0.4, 0.5) is 4.39 Å². The van der Waals surface area contributed by atoms with Gasteiger partial charge in [0.05, 0.1) is 16.1 Å². The molecule has 2 amide bonds. The first-order valence-electron chi connectivity index (χ1n) is 11.0. The van der Waals surface area contributed by atoms with Gasteiger partial charge in [0.2, 0.25) is 0 Å². The lowest BCUT2D eigenvalue weighted by molar-refractivity contribution is 0.0691. The molecular weight excluding hydrogens is 485 g/mol. The zero-order valence-electron chi connectivity index (χ0n) is 19.0. The molecule has 34 heavy (non-hydrogen) atoms. The average molecular weight is 512 g/mol. The van der Waals surface area contributed by atoms with E-state index in [0.717, 1.165) is 11.6 Å². The van der Waals surface area contributed by atoms with Crippen molar-refractivity contribution in [2.24, 2.45) is 0 Å². The molecule has 1 saturated carbocycles. The van der Waals surface area contributed by atoms with E-state index in [4.69, 9.17) is 11.6 Å². The van der Waals surface area contributed by atoms with Crippen LogP contribution in [-0.4, -0.2) is 64.0 Å². The fourth-order valence-corrected chi connectivity index (χ4v) is 6.76. The number of nitrogens with one attached hydrogen (secondary N) is 1. The highest BCUT2D eigenvalue weighted by molar-refractivity contribution is 7.94. The molecule has 0 bridgehead atoms. The molecule has 0 atom stereocenters. The summed E-state index contributed by atoms with van der Waals surface area (Å²) in [4.78, 5) is 27.2. The number of aliphatic hydroxyl groups excluding tert-OH is 1. The van der Waals surface area contributed by atoms with Crippen LogP contribution in [0.3, 0.4) is 0 Å². The highest BCUT2D eigenvalue weighted by Gasteiger charge is 2.60. The van der Waals surface area contributed by atoms with Crippen LogP contribution in [0.15, 0.2) is 30.3 Å². The second-order valence-electron chi connectivity index (χ2n) is 9.52. The zero-order chi connectivity index (χ0) is 24.9. The van der Waals surface area contributed by atoms with Gasteiger partial charge in [0, 0.05) is 37.3 Å². The minimum atomic E-state index is -3.75. The van der Waals surface area contributed by atoms with E-state index < -0.39 is 43.6 Å². The number of aromatic nitrogens is 1. The molecule has 184 valence electrons. The highest BCUT2D eigenvalue weighted by atomic mass is 35.5. The summed E-state index contributed by atoms with van der Waals surface area (Å²) in [7, 11) is -3.75. The Morgan fingerprint density at radius 2 is 1.88 bits per heavy atom. The van der Waals surface area contributed by atoms with E-state index in [2.05, 4.69) is 5.32 Å². The van der Waals surface area contributed by atoms with Gasteiger partial charge in [-0.2, -0.15) is 0 Å². The van der Waals surface area contributed by atoms with E-state index in [9.17, 15) is 27.5 Å². The SMILES string of the molecule is CC(C)(CO)S(=O)(=O)C1(CN2CCn3c(C(=O)NCc4ccc(Cl)cc4)cc(F)c3C2=O)CC1. The van der Waals surface area contributed by atoms with Crippen molar-refractivity contribution in [3.63, 3.8) is 0 Å². The van der Waals surface area contributed by atoms with E-state index in [0.29, 0.717) is 17.9 Å². The topological polar surface area (TPSA) is 109 Å². The first-order valence-corrected chi connectivity index (χ1v) is 12.8. The maximum absolute atomic E-state index is 14.8. The summed E-state index contributed by atoms with van der Waals surface area (Å²) in [6, 6.07) is 7.95. The van der Waals surface area contributed by atoms with Gasteiger partial charge in [0.1, 0.15) is 11.4 Å². The van der Waals surface area contributed by atoms with Gasteiger partial charge in [-0.05, 0) is 44.4 Å². The molecule has 1 aromatic carbocycles. The van der Waals surface area contributed by atoms with E-state index in [1.165, 1.54) is 23.3 Å². The maximum Gasteiger partial charge on any atom is 0.273 e. The number of amides is 2. The Labute approximate surface area is 202 Å².